The SMILES string of the molecule is CC(CNCc1nc2ccccc2s1)N(C)C1CC1. The van der Waals surface area contributed by atoms with Crippen molar-refractivity contribution in [3.05, 3.63) is 29.3 Å². The number of fused-ring (bicyclic) bond motifs is 1. The fourth-order valence-electron chi connectivity index (χ4n) is 2.37. The summed E-state index contributed by atoms with van der Waals surface area (Å²) in [6.07, 6.45) is 2.75. The van der Waals surface area contributed by atoms with Crippen molar-refractivity contribution >= 4 is 21.6 Å². The summed E-state index contributed by atoms with van der Waals surface area (Å²) < 4.78 is 1.28. The third kappa shape index (κ3) is 3.14. The van der Waals surface area contributed by atoms with Gasteiger partial charge in [-0.05, 0) is 38.9 Å². The molecule has 1 atom stereocenters. The Morgan fingerprint density at radius 3 is 2.95 bits per heavy atom. The summed E-state index contributed by atoms with van der Waals surface area (Å²) in [5, 5.41) is 4.72. The molecule has 0 aliphatic heterocycles. The molecule has 0 radical (unpaired) electrons. The number of nitrogens with one attached hydrogen (secondary N) is 1. The van der Waals surface area contributed by atoms with E-state index in [4.69, 9.17) is 0 Å². The molecule has 4 heteroatoms. The fourth-order valence-corrected chi connectivity index (χ4v) is 3.31. The van der Waals surface area contributed by atoms with Gasteiger partial charge in [0.2, 0.25) is 0 Å². The van der Waals surface area contributed by atoms with Gasteiger partial charge in [0, 0.05) is 25.2 Å². The number of para-hydroxylation sites is 1. The van der Waals surface area contributed by atoms with E-state index in [9.17, 15) is 0 Å². The van der Waals surface area contributed by atoms with Crippen LogP contribution in [0.15, 0.2) is 24.3 Å². The van der Waals surface area contributed by atoms with Crippen LogP contribution in [0.4, 0.5) is 0 Å². The molecule has 3 nitrogen and oxygen atoms in total. The molecule has 1 aliphatic carbocycles. The Morgan fingerprint density at radius 2 is 2.21 bits per heavy atom. The van der Waals surface area contributed by atoms with Gasteiger partial charge >= 0.3 is 0 Å². The summed E-state index contributed by atoms with van der Waals surface area (Å²) in [5.74, 6) is 0. The highest BCUT2D eigenvalue weighted by Crippen LogP contribution is 2.26. The predicted molar refractivity (Wildman–Crippen MR) is 81.6 cm³/mol. The van der Waals surface area contributed by atoms with Crippen molar-refractivity contribution < 1.29 is 0 Å². The zero-order chi connectivity index (χ0) is 13.2. The number of benzene rings is 1. The maximum atomic E-state index is 4.64. The normalized spacial score (nSPS) is 17.2. The molecule has 1 aromatic carbocycles. The van der Waals surface area contributed by atoms with Crippen LogP contribution in [0.25, 0.3) is 10.2 Å². The lowest BCUT2D eigenvalue weighted by molar-refractivity contribution is 0.241. The van der Waals surface area contributed by atoms with Gasteiger partial charge in [0.1, 0.15) is 5.01 Å². The smallest absolute Gasteiger partial charge is 0.108 e. The first kappa shape index (κ1) is 13.0. The summed E-state index contributed by atoms with van der Waals surface area (Å²) in [4.78, 5) is 7.14. The van der Waals surface area contributed by atoms with Crippen LogP contribution in [0.1, 0.15) is 24.8 Å². The summed E-state index contributed by atoms with van der Waals surface area (Å²) in [5.41, 5.74) is 1.12. The Morgan fingerprint density at radius 1 is 1.42 bits per heavy atom. The van der Waals surface area contributed by atoms with E-state index in [2.05, 4.69) is 47.4 Å². The molecule has 3 rings (SSSR count). The van der Waals surface area contributed by atoms with Gasteiger partial charge in [-0.15, -0.1) is 11.3 Å². The average Bonchev–Trinajstić information content (AvgIpc) is 3.17. The molecule has 2 aromatic rings. The minimum absolute atomic E-state index is 0.599. The predicted octanol–water partition coefficient (Wildman–Crippen LogP) is 2.87. The standard InChI is InChI=1S/C15H21N3S/c1-11(18(2)12-7-8-12)9-16-10-15-17-13-5-3-4-6-14(13)19-15/h3-6,11-12,16H,7-10H2,1-2H3. The zero-order valence-corrected chi connectivity index (χ0v) is 12.4. The number of rotatable bonds is 6. The van der Waals surface area contributed by atoms with Gasteiger partial charge in [-0.1, -0.05) is 12.1 Å². The van der Waals surface area contributed by atoms with Crippen LogP contribution >= 0.6 is 11.3 Å². The number of thiazole rings is 1. The van der Waals surface area contributed by atoms with Crippen molar-refractivity contribution in [3.8, 4) is 0 Å². The molecule has 1 fully saturated rings. The third-order valence-electron chi connectivity index (χ3n) is 3.87. The van der Waals surface area contributed by atoms with E-state index in [0.29, 0.717) is 6.04 Å². The topological polar surface area (TPSA) is 28.2 Å². The lowest BCUT2D eigenvalue weighted by Gasteiger charge is -2.24. The van der Waals surface area contributed by atoms with E-state index in [1.807, 2.05) is 6.07 Å². The molecule has 19 heavy (non-hydrogen) atoms. The largest absolute Gasteiger partial charge is 0.309 e. The van der Waals surface area contributed by atoms with Crippen molar-refractivity contribution in [3.63, 3.8) is 0 Å². The molecule has 1 heterocycles. The molecule has 0 spiro atoms. The van der Waals surface area contributed by atoms with Gasteiger partial charge in [0.25, 0.3) is 0 Å². The second kappa shape index (κ2) is 5.57. The van der Waals surface area contributed by atoms with Crippen LogP contribution in [-0.2, 0) is 6.54 Å². The van der Waals surface area contributed by atoms with Gasteiger partial charge < -0.3 is 5.32 Å². The average molecular weight is 275 g/mol. The Balaban J connectivity index is 1.51. The lowest BCUT2D eigenvalue weighted by Crippen LogP contribution is -2.38. The summed E-state index contributed by atoms with van der Waals surface area (Å²) in [6, 6.07) is 9.77. The summed E-state index contributed by atoms with van der Waals surface area (Å²) in [6.45, 7) is 4.20. The molecule has 0 amide bonds. The zero-order valence-electron chi connectivity index (χ0n) is 11.6. The van der Waals surface area contributed by atoms with Crippen molar-refractivity contribution in [2.75, 3.05) is 13.6 Å². The minimum Gasteiger partial charge on any atom is -0.309 e. The van der Waals surface area contributed by atoms with Crippen molar-refractivity contribution in [2.45, 2.75) is 38.4 Å². The second-order valence-corrected chi connectivity index (χ2v) is 6.57. The van der Waals surface area contributed by atoms with Gasteiger partial charge in [-0.25, -0.2) is 4.98 Å². The van der Waals surface area contributed by atoms with Gasteiger partial charge in [-0.2, -0.15) is 0 Å². The van der Waals surface area contributed by atoms with Crippen molar-refractivity contribution in [1.82, 2.24) is 15.2 Å². The third-order valence-corrected chi connectivity index (χ3v) is 4.91. The van der Waals surface area contributed by atoms with E-state index in [1.54, 1.807) is 11.3 Å². The van der Waals surface area contributed by atoms with Crippen LogP contribution in [0.2, 0.25) is 0 Å². The first-order valence-corrected chi connectivity index (χ1v) is 7.83. The van der Waals surface area contributed by atoms with Gasteiger partial charge in [0.15, 0.2) is 0 Å². The quantitative estimate of drug-likeness (QED) is 0.878. The van der Waals surface area contributed by atoms with E-state index in [1.165, 1.54) is 22.5 Å². The lowest BCUT2D eigenvalue weighted by atomic mass is 10.3. The fraction of sp³-hybridized carbons (Fsp3) is 0.533. The summed E-state index contributed by atoms with van der Waals surface area (Å²) in [7, 11) is 2.24. The molecule has 0 bridgehead atoms. The first-order chi connectivity index (χ1) is 9.24. The Labute approximate surface area is 118 Å². The molecule has 1 aliphatic rings. The maximum Gasteiger partial charge on any atom is 0.108 e. The number of hydrogen-bond donors (Lipinski definition) is 1. The van der Waals surface area contributed by atoms with E-state index in [-0.39, 0.29) is 0 Å². The molecule has 0 saturated heterocycles. The highest BCUT2D eigenvalue weighted by atomic mass is 32.1. The Hall–Kier alpha value is -0.970. The van der Waals surface area contributed by atoms with Crippen LogP contribution in [0.5, 0.6) is 0 Å². The van der Waals surface area contributed by atoms with E-state index < -0.39 is 0 Å². The number of hydrogen-bond acceptors (Lipinski definition) is 4. The van der Waals surface area contributed by atoms with Crippen LogP contribution in [0.3, 0.4) is 0 Å². The highest BCUT2D eigenvalue weighted by molar-refractivity contribution is 7.18. The Kier molecular flexibility index (Phi) is 3.82. The molecule has 102 valence electrons. The molecule has 1 saturated carbocycles. The minimum atomic E-state index is 0.599. The van der Waals surface area contributed by atoms with E-state index >= 15 is 0 Å². The first-order valence-electron chi connectivity index (χ1n) is 7.01. The number of nitrogens with zero attached hydrogens (tertiary/aromatic N) is 2. The molecule has 1 N–H and O–H groups in total. The molecular weight excluding hydrogens is 254 g/mol. The number of likely N-dealkylation sites (N-methyl/N-ethyl adjacent to an activating group) is 1. The Bertz CT molecular complexity index is 514. The van der Waals surface area contributed by atoms with Crippen LogP contribution < -0.4 is 5.32 Å². The van der Waals surface area contributed by atoms with Gasteiger partial charge in [0.05, 0.1) is 10.2 Å². The van der Waals surface area contributed by atoms with Crippen LogP contribution in [0, 0.1) is 0 Å². The van der Waals surface area contributed by atoms with Gasteiger partial charge in [-0.3, -0.25) is 4.90 Å². The highest BCUT2D eigenvalue weighted by Gasteiger charge is 2.28. The number of aromatic nitrogens is 1. The molecule has 1 unspecified atom stereocenters. The maximum absolute atomic E-state index is 4.64. The van der Waals surface area contributed by atoms with Crippen LogP contribution in [-0.4, -0.2) is 35.6 Å². The van der Waals surface area contributed by atoms with Crippen molar-refractivity contribution in [1.29, 1.82) is 0 Å². The molecule has 1 aromatic heterocycles. The summed E-state index contributed by atoms with van der Waals surface area (Å²) >= 11 is 1.79. The van der Waals surface area contributed by atoms with Crippen molar-refractivity contribution in [2.24, 2.45) is 0 Å². The van der Waals surface area contributed by atoms with E-state index in [0.717, 1.165) is 24.6 Å². The monoisotopic (exact) mass is 275 g/mol. The second-order valence-electron chi connectivity index (χ2n) is 5.45. The molecular formula is C15H21N3S.